The summed E-state index contributed by atoms with van der Waals surface area (Å²) in [5.74, 6) is 0.0818. The van der Waals surface area contributed by atoms with E-state index in [0.717, 1.165) is 56.0 Å². The van der Waals surface area contributed by atoms with Gasteiger partial charge in [-0.25, -0.2) is 4.68 Å². The Balaban J connectivity index is 1.41. The van der Waals surface area contributed by atoms with E-state index in [1.165, 1.54) is 5.56 Å². The Morgan fingerprint density at radius 1 is 1.10 bits per heavy atom. The fraction of sp³-hybridized carbons (Fsp3) is 0.385. The van der Waals surface area contributed by atoms with Gasteiger partial charge in [-0.3, -0.25) is 4.79 Å². The van der Waals surface area contributed by atoms with Crippen molar-refractivity contribution >= 4 is 5.91 Å². The summed E-state index contributed by atoms with van der Waals surface area (Å²) in [6, 6.07) is 20.7. The van der Waals surface area contributed by atoms with Crippen molar-refractivity contribution in [1.82, 2.24) is 19.6 Å². The number of hydrogen-bond donors (Lipinski definition) is 0. The van der Waals surface area contributed by atoms with Crippen molar-refractivity contribution in [2.45, 2.75) is 39.2 Å². The van der Waals surface area contributed by atoms with Crippen LogP contribution in [0.5, 0.6) is 0 Å². The fourth-order valence-corrected chi connectivity index (χ4v) is 4.51. The summed E-state index contributed by atoms with van der Waals surface area (Å²) in [6.07, 6.45) is 3.24. The van der Waals surface area contributed by atoms with Crippen molar-refractivity contribution in [1.29, 1.82) is 0 Å². The van der Waals surface area contributed by atoms with E-state index < -0.39 is 0 Å². The second kappa shape index (κ2) is 9.48. The first-order valence-electron chi connectivity index (χ1n) is 11.2. The van der Waals surface area contributed by atoms with Crippen LogP contribution in [0.4, 0.5) is 0 Å². The quantitative estimate of drug-likeness (QED) is 0.603. The van der Waals surface area contributed by atoms with Crippen molar-refractivity contribution in [3.63, 3.8) is 0 Å². The highest BCUT2D eigenvalue weighted by molar-refractivity contribution is 5.94. The van der Waals surface area contributed by atoms with Crippen LogP contribution in [0.1, 0.15) is 40.2 Å². The number of nitrogens with zero attached hydrogens (tertiary/aromatic N) is 4. The van der Waals surface area contributed by atoms with E-state index in [1.807, 2.05) is 60.8 Å². The Kier molecular flexibility index (Phi) is 6.52. The van der Waals surface area contributed by atoms with E-state index in [9.17, 15) is 4.79 Å². The van der Waals surface area contributed by atoms with Gasteiger partial charge in [0.2, 0.25) is 0 Å². The maximum absolute atomic E-state index is 13.3. The third-order valence-electron chi connectivity index (χ3n) is 6.26. The number of benzene rings is 2. The molecule has 1 saturated heterocycles. The molecule has 0 spiro atoms. The van der Waals surface area contributed by atoms with Gasteiger partial charge in [-0.15, -0.1) is 0 Å². The zero-order chi connectivity index (χ0) is 21.8. The van der Waals surface area contributed by atoms with Crippen LogP contribution in [0.25, 0.3) is 5.69 Å². The summed E-state index contributed by atoms with van der Waals surface area (Å²) in [7, 11) is 1.95. The molecule has 0 saturated carbocycles. The minimum Gasteiger partial charge on any atom is -0.337 e. The smallest absolute Gasteiger partial charge is 0.253 e. The number of carbonyl (C=O) groups is 1. The summed E-state index contributed by atoms with van der Waals surface area (Å²) in [5.41, 5.74) is 5.06. The van der Waals surface area contributed by atoms with Crippen LogP contribution in [0.2, 0.25) is 0 Å². The second-order valence-corrected chi connectivity index (χ2v) is 8.64. The number of aryl methyl sites for hydroxylation is 2. The monoisotopic (exact) mass is 416 g/mol. The van der Waals surface area contributed by atoms with Crippen molar-refractivity contribution in [2.24, 2.45) is 0 Å². The molecule has 2 aromatic carbocycles. The van der Waals surface area contributed by atoms with Gasteiger partial charge >= 0.3 is 0 Å². The molecular weight excluding hydrogens is 384 g/mol. The maximum atomic E-state index is 13.3. The molecule has 1 fully saturated rings. The largest absolute Gasteiger partial charge is 0.337 e. The van der Waals surface area contributed by atoms with Gasteiger partial charge in [-0.05, 0) is 69.5 Å². The number of likely N-dealkylation sites (tertiary alicyclic amines) is 1. The Bertz CT molecular complexity index is 1030. The standard InChI is InChI=1S/C26H32N4O/c1-20-17-21(2)30(27-20)24-12-7-11-23(18-24)26(31)28(3)25-13-8-15-29(19-25)16-14-22-9-5-4-6-10-22/h4-7,9-12,17-18,25H,8,13-16,19H2,1-3H3/t25-/m0/s1. The third kappa shape index (κ3) is 5.05. The van der Waals surface area contributed by atoms with Crippen molar-refractivity contribution < 1.29 is 4.79 Å². The van der Waals surface area contributed by atoms with Crippen LogP contribution in [0.3, 0.4) is 0 Å². The average Bonchev–Trinajstić information content (AvgIpc) is 3.15. The highest BCUT2D eigenvalue weighted by Crippen LogP contribution is 2.20. The highest BCUT2D eigenvalue weighted by Gasteiger charge is 2.26. The van der Waals surface area contributed by atoms with Gasteiger partial charge in [0.05, 0.1) is 11.4 Å². The number of amides is 1. The summed E-state index contributed by atoms with van der Waals surface area (Å²) in [6.45, 7) is 7.10. The number of piperidine rings is 1. The van der Waals surface area contributed by atoms with Crippen LogP contribution in [0.15, 0.2) is 60.7 Å². The van der Waals surface area contributed by atoms with E-state index in [1.54, 1.807) is 0 Å². The van der Waals surface area contributed by atoms with Gasteiger partial charge in [0.15, 0.2) is 0 Å². The average molecular weight is 417 g/mol. The lowest BCUT2D eigenvalue weighted by molar-refractivity contribution is 0.0619. The van der Waals surface area contributed by atoms with Gasteiger partial charge in [0.25, 0.3) is 5.91 Å². The molecule has 1 amide bonds. The van der Waals surface area contributed by atoms with E-state index in [-0.39, 0.29) is 11.9 Å². The minimum atomic E-state index is 0.0818. The molecule has 0 bridgehead atoms. The number of hydrogen-bond acceptors (Lipinski definition) is 3. The first-order valence-corrected chi connectivity index (χ1v) is 11.2. The van der Waals surface area contributed by atoms with Crippen molar-refractivity contribution in [2.75, 3.05) is 26.7 Å². The minimum absolute atomic E-state index is 0.0818. The molecule has 0 unspecified atom stereocenters. The van der Waals surface area contributed by atoms with Gasteiger partial charge < -0.3 is 9.80 Å². The van der Waals surface area contributed by atoms with E-state index in [0.29, 0.717) is 5.56 Å². The molecule has 1 aliphatic heterocycles. The van der Waals surface area contributed by atoms with E-state index in [2.05, 4.69) is 40.3 Å². The lowest BCUT2D eigenvalue weighted by atomic mass is 10.0. The SMILES string of the molecule is Cc1cc(C)n(-c2cccc(C(=O)N(C)[C@H]3CCCN(CCc4ccccc4)C3)c2)n1. The Morgan fingerprint density at radius 2 is 1.90 bits per heavy atom. The molecule has 1 atom stereocenters. The molecular formula is C26H32N4O. The lowest BCUT2D eigenvalue weighted by Crippen LogP contribution is -2.49. The van der Waals surface area contributed by atoms with Crippen LogP contribution in [-0.4, -0.2) is 58.2 Å². The first kappa shape index (κ1) is 21.3. The van der Waals surface area contributed by atoms with Gasteiger partial charge in [-0.1, -0.05) is 36.4 Å². The molecule has 4 rings (SSSR count). The van der Waals surface area contributed by atoms with Crippen LogP contribution in [0, 0.1) is 13.8 Å². The Hall–Kier alpha value is -2.92. The highest BCUT2D eigenvalue weighted by atomic mass is 16.2. The Labute approximate surface area is 185 Å². The van der Waals surface area contributed by atoms with Gasteiger partial charge in [-0.2, -0.15) is 5.10 Å². The van der Waals surface area contributed by atoms with Crippen LogP contribution >= 0.6 is 0 Å². The maximum Gasteiger partial charge on any atom is 0.253 e. The van der Waals surface area contributed by atoms with E-state index in [4.69, 9.17) is 0 Å². The lowest BCUT2D eigenvalue weighted by Gasteiger charge is -2.37. The van der Waals surface area contributed by atoms with Crippen molar-refractivity contribution in [3.8, 4) is 5.69 Å². The zero-order valence-corrected chi connectivity index (χ0v) is 18.8. The summed E-state index contributed by atoms with van der Waals surface area (Å²) in [5, 5.41) is 4.56. The molecule has 1 aromatic heterocycles. The summed E-state index contributed by atoms with van der Waals surface area (Å²) < 4.78 is 1.90. The summed E-state index contributed by atoms with van der Waals surface area (Å²) in [4.78, 5) is 17.7. The number of likely N-dealkylation sites (N-methyl/N-ethyl adjacent to an activating group) is 1. The van der Waals surface area contributed by atoms with E-state index >= 15 is 0 Å². The molecule has 0 radical (unpaired) electrons. The molecule has 31 heavy (non-hydrogen) atoms. The number of aromatic nitrogens is 2. The molecule has 0 aliphatic carbocycles. The predicted molar refractivity (Wildman–Crippen MR) is 125 cm³/mol. The molecule has 0 N–H and O–H groups in total. The molecule has 5 heteroatoms. The first-order chi connectivity index (χ1) is 15.0. The fourth-order valence-electron chi connectivity index (χ4n) is 4.51. The third-order valence-corrected chi connectivity index (χ3v) is 6.26. The van der Waals surface area contributed by atoms with Gasteiger partial charge in [0.1, 0.15) is 0 Å². The van der Waals surface area contributed by atoms with Crippen molar-refractivity contribution in [3.05, 3.63) is 83.2 Å². The second-order valence-electron chi connectivity index (χ2n) is 8.64. The zero-order valence-electron chi connectivity index (χ0n) is 18.8. The molecule has 1 aliphatic rings. The number of carbonyl (C=O) groups excluding carboxylic acids is 1. The summed E-state index contributed by atoms with van der Waals surface area (Å²) >= 11 is 0. The molecule has 2 heterocycles. The van der Waals surface area contributed by atoms with Crippen LogP contribution in [-0.2, 0) is 6.42 Å². The normalized spacial score (nSPS) is 16.9. The molecule has 3 aromatic rings. The predicted octanol–water partition coefficient (Wildman–Crippen LogP) is 4.27. The molecule has 5 nitrogen and oxygen atoms in total. The number of rotatable bonds is 6. The van der Waals surface area contributed by atoms with Crippen LogP contribution < -0.4 is 0 Å². The Morgan fingerprint density at radius 3 is 2.65 bits per heavy atom. The topological polar surface area (TPSA) is 41.4 Å². The molecule has 162 valence electrons. The van der Waals surface area contributed by atoms with Gasteiger partial charge in [0, 0.05) is 37.4 Å².